The van der Waals surface area contributed by atoms with Crippen molar-refractivity contribution in [2.24, 2.45) is 5.10 Å². The molecule has 0 bridgehead atoms. The van der Waals surface area contributed by atoms with Crippen LogP contribution in [0.5, 0.6) is 0 Å². The minimum Gasteiger partial charge on any atom is -0.362 e. The van der Waals surface area contributed by atoms with E-state index in [2.05, 4.69) is 10.4 Å². The third kappa shape index (κ3) is 4.58. The molecular weight excluding hydrogens is 408 g/mol. The highest BCUT2D eigenvalue weighted by Gasteiger charge is 2.62. The molecule has 0 saturated carbocycles. The van der Waals surface area contributed by atoms with E-state index in [1.54, 1.807) is 0 Å². The average Bonchev–Trinajstić information content (AvgIpc) is 2.89. The van der Waals surface area contributed by atoms with Gasteiger partial charge in [0.25, 0.3) is 17.4 Å². The van der Waals surface area contributed by atoms with Crippen molar-refractivity contribution in [2.75, 3.05) is 5.32 Å². The van der Waals surface area contributed by atoms with Crippen molar-refractivity contribution >= 4 is 23.1 Å². The fourth-order valence-corrected chi connectivity index (χ4v) is 2.57. The predicted octanol–water partition coefficient (Wildman–Crippen LogP) is 3.61. The second-order valence-electron chi connectivity index (χ2n) is 6.30. The monoisotopic (exact) mass is 423 g/mol. The Morgan fingerprint density at radius 3 is 2.34 bits per heavy atom. The Morgan fingerprint density at radius 1 is 1.21 bits per heavy atom. The highest BCUT2D eigenvalue weighted by Crippen LogP contribution is 2.41. The minimum absolute atomic E-state index is 0.108. The number of hydrazone groups is 1. The number of halogens is 6. The second-order valence-corrected chi connectivity index (χ2v) is 6.30. The molecule has 0 fully saturated rings. The summed E-state index contributed by atoms with van der Waals surface area (Å²) < 4.78 is 77.1. The molecule has 0 aromatic heterocycles. The second kappa shape index (κ2) is 7.50. The first kappa shape index (κ1) is 22.4. The molecule has 2 N–H and O–H groups in total. The van der Waals surface area contributed by atoms with Gasteiger partial charge in [-0.05, 0) is 26.0 Å². The first-order chi connectivity index (χ1) is 13.2. The maximum atomic E-state index is 13.3. The lowest BCUT2D eigenvalue weighted by Crippen LogP contribution is -2.56. The van der Waals surface area contributed by atoms with Crippen LogP contribution in [0.1, 0.15) is 30.6 Å². The normalized spacial score (nSPS) is 20.5. The van der Waals surface area contributed by atoms with Gasteiger partial charge in [0.2, 0.25) is 0 Å². The predicted molar refractivity (Wildman–Crippen MR) is 89.8 cm³/mol. The first-order valence-electron chi connectivity index (χ1n) is 8.00. The maximum Gasteiger partial charge on any atom is 0.454 e. The van der Waals surface area contributed by atoms with E-state index in [4.69, 9.17) is 0 Å². The molecule has 0 aliphatic carbocycles. The number of hydrogen-bond acceptors (Lipinski definition) is 5. The average molecular weight is 423 g/mol. The molecule has 0 saturated heterocycles. The quantitative estimate of drug-likeness (QED) is 0.573. The number of nitrogens with zero attached hydrogens (tertiary/aromatic N) is 2. The van der Waals surface area contributed by atoms with Crippen LogP contribution < -0.4 is 5.32 Å². The molecule has 12 heteroatoms. The van der Waals surface area contributed by atoms with E-state index in [1.807, 2.05) is 0 Å². The van der Waals surface area contributed by atoms with E-state index in [-0.39, 0.29) is 28.2 Å². The summed E-state index contributed by atoms with van der Waals surface area (Å²) in [6.45, 7) is 2.30. The third-order valence-corrected chi connectivity index (χ3v) is 3.89. The molecule has 29 heavy (non-hydrogen) atoms. The van der Waals surface area contributed by atoms with Gasteiger partial charge in [-0.3, -0.25) is 9.59 Å². The topological polar surface area (TPSA) is 82.0 Å². The van der Waals surface area contributed by atoms with Gasteiger partial charge in [-0.2, -0.15) is 36.5 Å². The summed E-state index contributed by atoms with van der Waals surface area (Å²) in [6.07, 6.45) is -11.0. The summed E-state index contributed by atoms with van der Waals surface area (Å²) in [5.41, 5.74) is -4.58. The van der Waals surface area contributed by atoms with Gasteiger partial charge in [0.15, 0.2) is 0 Å². The molecule has 1 heterocycles. The maximum absolute atomic E-state index is 13.3. The molecule has 2 rings (SSSR count). The summed E-state index contributed by atoms with van der Waals surface area (Å²) in [5.74, 6) is -3.49. The van der Waals surface area contributed by atoms with Crippen LogP contribution in [-0.2, 0) is 4.79 Å². The molecule has 1 unspecified atom stereocenters. The van der Waals surface area contributed by atoms with Crippen LogP contribution >= 0.6 is 0 Å². The Bertz CT molecular complexity index is 891. The van der Waals surface area contributed by atoms with Gasteiger partial charge < -0.3 is 10.4 Å². The summed E-state index contributed by atoms with van der Waals surface area (Å²) in [4.78, 5) is 23.7. The van der Waals surface area contributed by atoms with Crippen LogP contribution in [0.25, 0.3) is 0 Å². The molecule has 1 aromatic carbocycles. The lowest BCUT2D eigenvalue weighted by molar-refractivity contribution is -0.297. The summed E-state index contributed by atoms with van der Waals surface area (Å²) in [6, 6.07) is 4.98. The van der Waals surface area contributed by atoms with E-state index in [0.29, 0.717) is 0 Å². The third-order valence-electron chi connectivity index (χ3n) is 3.89. The Labute approximate surface area is 160 Å². The number of ketones is 1. The van der Waals surface area contributed by atoms with Gasteiger partial charge in [-0.25, -0.2) is 0 Å². The van der Waals surface area contributed by atoms with E-state index in [0.717, 1.165) is 13.0 Å². The number of para-hydroxylation sites is 1. The van der Waals surface area contributed by atoms with E-state index in [1.165, 1.54) is 25.1 Å². The van der Waals surface area contributed by atoms with Crippen LogP contribution in [-0.4, -0.2) is 45.6 Å². The van der Waals surface area contributed by atoms with E-state index in [9.17, 15) is 41.0 Å². The van der Waals surface area contributed by atoms with Gasteiger partial charge >= 0.3 is 12.4 Å². The van der Waals surface area contributed by atoms with Crippen LogP contribution in [0.15, 0.2) is 41.1 Å². The van der Waals surface area contributed by atoms with Gasteiger partial charge in [0.05, 0.1) is 11.3 Å². The van der Waals surface area contributed by atoms with Crippen molar-refractivity contribution in [2.45, 2.75) is 38.3 Å². The number of aliphatic hydroxyl groups is 1. The largest absolute Gasteiger partial charge is 0.454 e. The first-order valence-corrected chi connectivity index (χ1v) is 8.00. The van der Waals surface area contributed by atoms with Crippen molar-refractivity contribution < 1.29 is 41.0 Å². The van der Waals surface area contributed by atoms with Crippen molar-refractivity contribution in [3.8, 4) is 0 Å². The fraction of sp³-hybridized carbons (Fsp3) is 0.353. The van der Waals surface area contributed by atoms with Gasteiger partial charge in [-0.1, -0.05) is 12.1 Å². The zero-order chi connectivity index (χ0) is 22.2. The fourth-order valence-electron chi connectivity index (χ4n) is 2.57. The number of allylic oxidation sites excluding steroid dienone is 2. The Kier molecular flexibility index (Phi) is 5.79. The molecule has 1 aliphatic rings. The molecule has 0 radical (unpaired) electrons. The number of benzene rings is 1. The lowest BCUT2D eigenvalue weighted by Gasteiger charge is -2.33. The van der Waals surface area contributed by atoms with Crippen molar-refractivity contribution in [3.05, 3.63) is 41.6 Å². The van der Waals surface area contributed by atoms with Gasteiger partial charge in [0, 0.05) is 23.9 Å². The molecule has 1 aromatic rings. The standard InChI is InChI=1S/C17H15F6N3O3/c1-9(7-13(27)16(18,19)20)24-12-6-4-3-5-11(12)14(28)26-15(29,17(21,22)23)8-10(2)25-26/h3-7,24,29H,8H2,1-2H3. The number of carbonyl (C=O) groups is 2. The van der Waals surface area contributed by atoms with Gasteiger partial charge in [-0.15, -0.1) is 0 Å². The van der Waals surface area contributed by atoms with Crippen LogP contribution in [0.3, 0.4) is 0 Å². The highest BCUT2D eigenvalue weighted by atomic mass is 19.4. The van der Waals surface area contributed by atoms with Crippen molar-refractivity contribution in [1.29, 1.82) is 0 Å². The summed E-state index contributed by atoms with van der Waals surface area (Å²) >= 11 is 0. The highest BCUT2D eigenvalue weighted by molar-refractivity contribution is 6.02. The Hall–Kier alpha value is -2.89. The molecule has 1 atom stereocenters. The number of hydrogen-bond donors (Lipinski definition) is 2. The van der Waals surface area contributed by atoms with Crippen molar-refractivity contribution in [3.63, 3.8) is 0 Å². The number of rotatable bonds is 4. The van der Waals surface area contributed by atoms with Gasteiger partial charge in [0.1, 0.15) is 0 Å². The lowest BCUT2D eigenvalue weighted by atomic mass is 10.1. The molecule has 1 aliphatic heterocycles. The molecule has 1 amide bonds. The molecule has 0 spiro atoms. The van der Waals surface area contributed by atoms with E-state index >= 15 is 0 Å². The Balaban J connectivity index is 2.39. The Morgan fingerprint density at radius 2 is 1.79 bits per heavy atom. The zero-order valence-electron chi connectivity index (χ0n) is 15.0. The number of anilines is 1. The number of carbonyl (C=O) groups excluding carboxylic acids is 2. The number of nitrogens with one attached hydrogen (secondary N) is 1. The van der Waals surface area contributed by atoms with Crippen LogP contribution in [0, 0.1) is 0 Å². The zero-order valence-corrected chi connectivity index (χ0v) is 15.0. The number of alkyl halides is 6. The van der Waals surface area contributed by atoms with Crippen LogP contribution in [0.2, 0.25) is 0 Å². The van der Waals surface area contributed by atoms with Crippen molar-refractivity contribution in [1.82, 2.24) is 5.01 Å². The smallest absolute Gasteiger partial charge is 0.362 e. The summed E-state index contributed by atoms with van der Waals surface area (Å²) in [5, 5.41) is 15.8. The van der Waals surface area contributed by atoms with E-state index < -0.39 is 41.8 Å². The molecule has 6 nitrogen and oxygen atoms in total. The SMILES string of the molecule is CC(=CC(=O)C(F)(F)F)Nc1ccccc1C(=O)N1N=C(C)CC1(O)C(F)(F)F. The minimum atomic E-state index is -5.21. The summed E-state index contributed by atoms with van der Waals surface area (Å²) in [7, 11) is 0. The molecule has 158 valence electrons. The van der Waals surface area contributed by atoms with Crippen LogP contribution in [0.4, 0.5) is 32.0 Å². The number of amides is 1. The molecular formula is C17H15F6N3O3.